The average molecular weight is 641 g/mol. The maximum atomic E-state index is 11.4. The third-order valence-electron chi connectivity index (χ3n) is 6.11. The zero-order valence-corrected chi connectivity index (χ0v) is 28.7. The van der Waals surface area contributed by atoms with Crippen molar-refractivity contribution in [1.29, 1.82) is 10.5 Å². The van der Waals surface area contributed by atoms with E-state index in [1.54, 1.807) is 0 Å². The van der Waals surface area contributed by atoms with Crippen LogP contribution in [0.25, 0.3) is 0 Å². The summed E-state index contributed by atoms with van der Waals surface area (Å²) in [6.07, 6.45) is 8.79. The maximum Gasteiger partial charge on any atom is 0.407 e. The normalized spacial score (nSPS) is 11.0. The molecule has 0 radical (unpaired) electrons. The molecule has 0 aromatic carbocycles. The Bertz CT molecular complexity index is 776. The number of rotatable bonds is 22. The van der Waals surface area contributed by atoms with Crippen LogP contribution in [0.1, 0.15) is 113 Å². The second-order valence-electron chi connectivity index (χ2n) is 12.8. The number of carbonyl (C=O) groups is 2. The van der Waals surface area contributed by atoms with E-state index in [0.717, 1.165) is 90.6 Å². The van der Waals surface area contributed by atoms with Crippen molar-refractivity contribution in [2.24, 2.45) is 11.5 Å². The van der Waals surface area contributed by atoms with Gasteiger partial charge in [0.15, 0.2) is 0 Å². The smallest absolute Gasteiger partial charge is 0.407 e. The first-order valence-electron chi connectivity index (χ1n) is 16.3. The molecule has 0 aliphatic carbocycles. The number of nitrogens with two attached hydrogens (primary N) is 2. The Morgan fingerprint density at radius 2 is 0.933 bits per heavy atom. The van der Waals surface area contributed by atoms with Gasteiger partial charge < -0.3 is 41.4 Å². The molecule has 12 nitrogen and oxygen atoms in total. The quantitative estimate of drug-likeness (QED) is 0.116. The average Bonchev–Trinajstić information content (AvgIpc) is 2.91. The fraction of sp³-hybridized carbons (Fsp3) is 0.879. The van der Waals surface area contributed by atoms with Gasteiger partial charge in [-0.1, -0.05) is 33.1 Å². The van der Waals surface area contributed by atoms with E-state index in [1.807, 2.05) is 41.5 Å². The Balaban J connectivity index is -0.000000770. The van der Waals surface area contributed by atoms with Crippen molar-refractivity contribution >= 4 is 12.2 Å². The summed E-state index contributed by atoms with van der Waals surface area (Å²) in [6.45, 7) is 19.0. The van der Waals surface area contributed by atoms with E-state index in [-0.39, 0.29) is 19.6 Å². The van der Waals surface area contributed by atoms with Crippen molar-refractivity contribution in [2.75, 3.05) is 65.4 Å². The van der Waals surface area contributed by atoms with Crippen LogP contribution in [0.5, 0.6) is 0 Å². The van der Waals surface area contributed by atoms with Crippen molar-refractivity contribution in [3.63, 3.8) is 0 Å². The molecule has 45 heavy (non-hydrogen) atoms. The SMILES string of the molecule is C.CC(C)(C)OC(=O)NCCCCCCN(CCC#N)CCC#N.CC(C)(C)OC(=O)NCCCCCCN(CCN)CCN. The summed E-state index contributed by atoms with van der Waals surface area (Å²) in [4.78, 5) is 27.3. The van der Waals surface area contributed by atoms with Crippen LogP contribution in [0, 0.1) is 22.7 Å². The van der Waals surface area contributed by atoms with Gasteiger partial charge in [-0.15, -0.1) is 0 Å². The van der Waals surface area contributed by atoms with Crippen LogP contribution in [-0.4, -0.2) is 98.6 Å². The molecule has 0 saturated carbocycles. The lowest BCUT2D eigenvalue weighted by molar-refractivity contribution is 0.0515. The lowest BCUT2D eigenvalue weighted by Crippen LogP contribution is -2.34. The highest BCUT2D eigenvalue weighted by Crippen LogP contribution is 2.08. The zero-order valence-electron chi connectivity index (χ0n) is 28.7. The molecule has 0 aliphatic heterocycles. The molecule has 0 saturated heterocycles. The molecule has 0 aromatic heterocycles. The van der Waals surface area contributed by atoms with Gasteiger partial charge in [-0.3, -0.25) is 0 Å². The van der Waals surface area contributed by atoms with E-state index in [9.17, 15) is 9.59 Å². The highest BCUT2D eigenvalue weighted by molar-refractivity contribution is 5.67. The third-order valence-corrected chi connectivity index (χ3v) is 6.11. The highest BCUT2D eigenvalue weighted by atomic mass is 16.6. The number of carbonyl (C=O) groups excluding carboxylic acids is 2. The predicted octanol–water partition coefficient (Wildman–Crippen LogP) is 5.13. The van der Waals surface area contributed by atoms with Crippen LogP contribution in [0.15, 0.2) is 0 Å². The first kappa shape index (κ1) is 46.8. The third kappa shape index (κ3) is 37.5. The van der Waals surface area contributed by atoms with E-state index in [0.29, 0.717) is 39.0 Å². The van der Waals surface area contributed by atoms with Crippen LogP contribution in [0.4, 0.5) is 9.59 Å². The van der Waals surface area contributed by atoms with Gasteiger partial charge in [0.1, 0.15) is 11.2 Å². The predicted molar refractivity (Wildman–Crippen MR) is 184 cm³/mol. The highest BCUT2D eigenvalue weighted by Gasteiger charge is 2.16. The van der Waals surface area contributed by atoms with Gasteiger partial charge in [0.05, 0.1) is 12.1 Å². The molecule has 264 valence electrons. The summed E-state index contributed by atoms with van der Waals surface area (Å²) >= 11 is 0. The van der Waals surface area contributed by atoms with E-state index >= 15 is 0 Å². The standard InChI is InChI=1S/C17H30N4O2.C15H34N4O2.CH4/c1-17(2,3)23-16(22)20-12-6-4-5-7-13-21(14-8-10-18)15-9-11-19;1-15(2,3)21-14(20)18-10-6-4-5-7-11-19(12-8-16)13-9-17;/h4-9,12-15H2,1-3H3,(H,20,22);4-13,16-17H2,1-3H3,(H,18,20);1H4. The largest absolute Gasteiger partial charge is 0.444 e. The number of amides is 2. The van der Waals surface area contributed by atoms with Gasteiger partial charge in [-0.25, -0.2) is 9.59 Å². The van der Waals surface area contributed by atoms with Gasteiger partial charge in [-0.2, -0.15) is 10.5 Å². The van der Waals surface area contributed by atoms with Gasteiger partial charge >= 0.3 is 12.2 Å². The number of ether oxygens (including phenoxy) is 2. The Morgan fingerprint density at radius 1 is 0.600 bits per heavy atom. The fourth-order valence-corrected chi connectivity index (χ4v) is 4.09. The lowest BCUT2D eigenvalue weighted by atomic mass is 10.2. The number of hydrogen-bond acceptors (Lipinski definition) is 10. The summed E-state index contributed by atoms with van der Waals surface area (Å²) in [5.74, 6) is 0. The van der Waals surface area contributed by atoms with Crippen LogP contribution in [-0.2, 0) is 9.47 Å². The summed E-state index contributed by atoms with van der Waals surface area (Å²) in [6, 6.07) is 4.29. The topological polar surface area (TPSA) is 183 Å². The Hall–Kier alpha value is -2.64. The van der Waals surface area contributed by atoms with Crippen LogP contribution >= 0.6 is 0 Å². The van der Waals surface area contributed by atoms with Crippen LogP contribution in [0.2, 0.25) is 0 Å². The minimum absolute atomic E-state index is 0. The van der Waals surface area contributed by atoms with Crippen LogP contribution < -0.4 is 22.1 Å². The molecule has 0 aliphatic rings. The first-order chi connectivity index (χ1) is 20.8. The van der Waals surface area contributed by atoms with E-state index < -0.39 is 11.2 Å². The van der Waals surface area contributed by atoms with Crippen molar-refractivity contribution in [3.8, 4) is 12.1 Å². The lowest BCUT2D eigenvalue weighted by Gasteiger charge is -2.20. The number of nitrogens with zero attached hydrogens (tertiary/aromatic N) is 4. The van der Waals surface area contributed by atoms with Crippen molar-refractivity contribution < 1.29 is 19.1 Å². The molecule has 0 bridgehead atoms. The second-order valence-corrected chi connectivity index (χ2v) is 12.8. The van der Waals surface area contributed by atoms with Crippen molar-refractivity contribution in [3.05, 3.63) is 0 Å². The molecule has 0 unspecified atom stereocenters. The van der Waals surface area contributed by atoms with Gasteiger partial charge in [-0.05, 0) is 80.3 Å². The number of hydrogen-bond donors (Lipinski definition) is 4. The molecule has 0 heterocycles. The minimum atomic E-state index is -0.458. The number of alkyl carbamates (subject to hydrolysis) is 2. The molecular formula is C33H68N8O4. The van der Waals surface area contributed by atoms with E-state index in [1.165, 1.54) is 0 Å². The summed E-state index contributed by atoms with van der Waals surface area (Å²) in [5.41, 5.74) is 10.2. The molecule has 0 fully saturated rings. The Kier molecular flexibility index (Phi) is 31.2. The van der Waals surface area contributed by atoms with Crippen molar-refractivity contribution in [1.82, 2.24) is 20.4 Å². The monoisotopic (exact) mass is 641 g/mol. The molecule has 12 heteroatoms. The van der Waals surface area contributed by atoms with Crippen molar-refractivity contribution in [2.45, 2.75) is 124 Å². The minimum Gasteiger partial charge on any atom is -0.444 e. The Labute approximate surface area is 275 Å². The first-order valence-corrected chi connectivity index (χ1v) is 16.3. The fourth-order valence-electron chi connectivity index (χ4n) is 4.09. The maximum absolute atomic E-state index is 11.4. The second kappa shape index (κ2) is 30.0. The van der Waals surface area contributed by atoms with Gasteiger partial charge in [0.25, 0.3) is 0 Å². The van der Waals surface area contributed by atoms with Gasteiger partial charge in [0, 0.05) is 65.2 Å². The summed E-state index contributed by atoms with van der Waals surface area (Å²) in [5, 5.41) is 22.8. The molecule has 0 atom stereocenters. The van der Waals surface area contributed by atoms with E-state index in [4.69, 9.17) is 31.5 Å². The molecule has 0 rings (SSSR count). The number of nitriles is 2. The zero-order chi connectivity index (χ0) is 33.7. The molecule has 0 spiro atoms. The number of nitrogens with one attached hydrogen (secondary N) is 2. The molecule has 6 N–H and O–H groups in total. The molecule has 2 amide bonds. The van der Waals surface area contributed by atoms with Gasteiger partial charge in [0.2, 0.25) is 0 Å². The Morgan fingerprint density at radius 3 is 1.24 bits per heavy atom. The molecule has 0 aromatic rings. The summed E-state index contributed by atoms with van der Waals surface area (Å²) in [7, 11) is 0. The van der Waals surface area contributed by atoms with E-state index in [2.05, 4.69) is 32.6 Å². The number of unbranched alkanes of at least 4 members (excludes halogenated alkanes) is 6. The van der Waals surface area contributed by atoms with Crippen LogP contribution in [0.3, 0.4) is 0 Å². The summed E-state index contributed by atoms with van der Waals surface area (Å²) < 4.78 is 10.3. The molecular weight excluding hydrogens is 572 g/mol.